The van der Waals surface area contributed by atoms with Crippen LogP contribution in [0.1, 0.15) is 72.3 Å². The van der Waals surface area contributed by atoms with Crippen LogP contribution in [-0.2, 0) is 11.2 Å². The van der Waals surface area contributed by atoms with E-state index in [0.29, 0.717) is 42.3 Å². The maximum atomic E-state index is 13.0. The van der Waals surface area contributed by atoms with Crippen LogP contribution in [0.5, 0.6) is 0 Å². The molecule has 2 unspecified atom stereocenters. The third-order valence-electron chi connectivity index (χ3n) is 6.67. The first-order valence-electron chi connectivity index (χ1n) is 11.2. The lowest BCUT2D eigenvalue weighted by atomic mass is 10.0. The summed E-state index contributed by atoms with van der Waals surface area (Å²) in [5.41, 5.74) is 10.1. The molecule has 0 bridgehead atoms. The number of carboxylic acid groups (broad SMARTS) is 1. The third-order valence-corrected chi connectivity index (χ3v) is 6.67. The molecule has 0 aliphatic heterocycles. The fourth-order valence-electron chi connectivity index (χ4n) is 4.99. The van der Waals surface area contributed by atoms with Crippen molar-refractivity contribution >= 4 is 28.6 Å². The van der Waals surface area contributed by atoms with Gasteiger partial charge in [-0.1, -0.05) is 5.16 Å². The Labute approximate surface area is 195 Å². The van der Waals surface area contributed by atoms with E-state index in [4.69, 9.17) is 20.2 Å². The first kappa shape index (κ1) is 23.3. The summed E-state index contributed by atoms with van der Waals surface area (Å²) in [7, 11) is 0. The van der Waals surface area contributed by atoms with Crippen molar-refractivity contribution in [1.82, 2.24) is 19.7 Å². The average Bonchev–Trinajstić information content (AvgIpc) is 3.29. The molecule has 6 rings (SSSR count). The van der Waals surface area contributed by atoms with Crippen molar-refractivity contribution in [3.63, 3.8) is 0 Å². The second-order valence-corrected chi connectivity index (χ2v) is 9.04. The highest BCUT2D eigenvalue weighted by atomic mass is 19.4. The van der Waals surface area contributed by atoms with Crippen molar-refractivity contribution in [2.24, 2.45) is 0 Å². The zero-order valence-corrected chi connectivity index (χ0v) is 18.4. The summed E-state index contributed by atoms with van der Waals surface area (Å²) in [5, 5.41) is 22.3. The molecular weight excluding hydrogens is 471 g/mol. The fourth-order valence-corrected chi connectivity index (χ4v) is 4.99. The monoisotopic (exact) mass is 493 g/mol. The van der Waals surface area contributed by atoms with Crippen molar-refractivity contribution in [2.75, 3.05) is 5.73 Å². The van der Waals surface area contributed by atoms with Crippen molar-refractivity contribution < 1.29 is 37.5 Å². The van der Waals surface area contributed by atoms with Gasteiger partial charge in [0.15, 0.2) is 11.5 Å². The number of aliphatic hydroxyl groups is 1. The summed E-state index contributed by atoms with van der Waals surface area (Å²) in [6.07, 6.45) is 1.46. The second kappa shape index (κ2) is 8.33. The number of aliphatic hydroxyl groups excluding tert-OH is 1. The van der Waals surface area contributed by atoms with Gasteiger partial charge in [-0.3, -0.25) is 4.79 Å². The summed E-state index contributed by atoms with van der Waals surface area (Å²) < 4.78 is 39.6. The van der Waals surface area contributed by atoms with Crippen LogP contribution < -0.4 is 5.73 Å². The predicted octanol–water partition coefficient (Wildman–Crippen LogP) is 3.39. The number of carboxylic acids is 1. The molecule has 186 valence electrons. The van der Waals surface area contributed by atoms with Gasteiger partial charge in [0, 0.05) is 29.6 Å². The van der Waals surface area contributed by atoms with E-state index in [1.165, 1.54) is 6.33 Å². The summed E-state index contributed by atoms with van der Waals surface area (Å²) in [4.78, 5) is 30.6. The summed E-state index contributed by atoms with van der Waals surface area (Å²) in [6.45, 7) is 0. The molecule has 3 aromatic heterocycles. The topological polar surface area (TPSA) is 157 Å². The van der Waals surface area contributed by atoms with E-state index >= 15 is 0 Å². The Morgan fingerprint density at radius 2 is 1.86 bits per heavy atom. The zero-order chi connectivity index (χ0) is 25.1. The number of alkyl halides is 3. The molecule has 10 nitrogen and oxygen atoms in total. The number of aromatic nitrogens is 4. The highest BCUT2D eigenvalue weighted by Gasteiger charge is 2.40. The number of hydrogen-bond acceptors (Lipinski definition) is 8. The van der Waals surface area contributed by atoms with E-state index in [-0.39, 0.29) is 17.9 Å². The molecule has 3 heterocycles. The number of carbonyl (C=O) groups is 2. The number of nitrogen functional groups attached to an aromatic ring is 1. The lowest BCUT2D eigenvalue weighted by molar-refractivity contribution is -0.192. The predicted molar refractivity (Wildman–Crippen MR) is 115 cm³/mol. The second-order valence-electron chi connectivity index (χ2n) is 9.04. The van der Waals surface area contributed by atoms with Gasteiger partial charge in [0.25, 0.3) is 0 Å². The van der Waals surface area contributed by atoms with Gasteiger partial charge in [-0.25, -0.2) is 14.8 Å². The van der Waals surface area contributed by atoms with E-state index < -0.39 is 12.1 Å². The number of nitrogens with two attached hydrogens (primary N) is 1. The van der Waals surface area contributed by atoms with Gasteiger partial charge in [0.1, 0.15) is 23.5 Å². The third kappa shape index (κ3) is 4.03. The van der Waals surface area contributed by atoms with Gasteiger partial charge < -0.3 is 25.0 Å². The number of anilines is 1. The molecule has 2 atom stereocenters. The summed E-state index contributed by atoms with van der Waals surface area (Å²) in [6, 6.07) is 0.127. The fraction of sp³-hybridized carbons (Fsp3) is 0.500. The van der Waals surface area contributed by atoms with Gasteiger partial charge in [0.2, 0.25) is 0 Å². The summed E-state index contributed by atoms with van der Waals surface area (Å²) >= 11 is 0. The molecule has 4 N–H and O–H groups in total. The maximum Gasteiger partial charge on any atom is 0.490 e. The number of halogens is 3. The van der Waals surface area contributed by atoms with E-state index in [1.54, 1.807) is 0 Å². The zero-order valence-electron chi connectivity index (χ0n) is 18.4. The van der Waals surface area contributed by atoms with Crippen LogP contribution in [0.25, 0.3) is 22.3 Å². The van der Waals surface area contributed by atoms with E-state index in [1.807, 2.05) is 0 Å². The van der Waals surface area contributed by atoms with E-state index in [9.17, 15) is 23.1 Å². The normalized spacial score (nSPS) is 21.8. The molecule has 0 radical (unpaired) electrons. The van der Waals surface area contributed by atoms with Crippen LogP contribution >= 0.6 is 0 Å². The maximum absolute atomic E-state index is 13.0. The van der Waals surface area contributed by atoms with E-state index in [2.05, 4.69) is 19.7 Å². The molecule has 3 aliphatic rings. The Bertz CT molecular complexity index is 1330. The minimum atomic E-state index is -5.08. The Hall–Kier alpha value is -3.48. The number of hydrogen-bond donors (Lipinski definition) is 3. The quantitative estimate of drug-likeness (QED) is 0.487. The molecule has 0 amide bonds. The molecule has 3 aliphatic carbocycles. The van der Waals surface area contributed by atoms with Crippen LogP contribution in [0, 0.1) is 0 Å². The standard InChI is InChI=1S/C20H21N5O3.C2HF3O2/c21-19-16-14-12(25(20(16)23-8-22-19)10-3-4-11(26)7-10)5-6-13(27)15-17(14)24-28-18(15)9-1-2-9;3-2(4,5)1(6)7/h8-11,26H,1-7H2,(H2,21,22,23);(H,6,7). The number of aliphatic carboxylic acids is 1. The first-order chi connectivity index (χ1) is 16.6. The number of nitrogens with zero attached hydrogens (tertiary/aromatic N) is 4. The minimum absolute atomic E-state index is 0.0796. The first-order valence-corrected chi connectivity index (χ1v) is 11.2. The summed E-state index contributed by atoms with van der Waals surface area (Å²) in [5.74, 6) is -1.27. The highest BCUT2D eigenvalue weighted by Crippen LogP contribution is 2.49. The molecule has 35 heavy (non-hydrogen) atoms. The van der Waals surface area contributed by atoms with Crippen LogP contribution in [-0.4, -0.2) is 53.9 Å². The van der Waals surface area contributed by atoms with E-state index in [0.717, 1.165) is 53.7 Å². The van der Waals surface area contributed by atoms with Gasteiger partial charge in [-0.2, -0.15) is 13.2 Å². The van der Waals surface area contributed by atoms with Crippen molar-refractivity contribution in [2.45, 2.75) is 69.2 Å². The number of fused-ring (bicyclic) bond motifs is 5. The Morgan fingerprint density at radius 3 is 2.46 bits per heavy atom. The van der Waals surface area contributed by atoms with Gasteiger partial charge in [0.05, 0.1) is 17.1 Å². The molecular formula is C22H22F3N5O5. The van der Waals surface area contributed by atoms with Crippen LogP contribution in [0.2, 0.25) is 0 Å². The number of carbonyl (C=O) groups excluding carboxylic acids is 1. The van der Waals surface area contributed by atoms with Crippen LogP contribution in [0.4, 0.5) is 19.0 Å². The SMILES string of the molecule is Nc1ncnc2c1c1c(n2C2CCC(O)C2)CCC(=O)c2c-1noc2C1CC1.O=C(O)C(F)(F)F. The lowest BCUT2D eigenvalue weighted by Gasteiger charge is -2.17. The molecule has 0 aromatic carbocycles. The van der Waals surface area contributed by atoms with Crippen LogP contribution in [0.3, 0.4) is 0 Å². The number of Topliss-reactive ketones (excluding diaryl/α,β-unsaturated/α-hetero) is 1. The molecule has 0 spiro atoms. The van der Waals surface area contributed by atoms with Crippen LogP contribution in [0.15, 0.2) is 10.9 Å². The molecule has 13 heteroatoms. The van der Waals surface area contributed by atoms with Crippen molar-refractivity contribution in [3.05, 3.63) is 23.3 Å². The molecule has 2 saturated carbocycles. The highest BCUT2D eigenvalue weighted by molar-refractivity contribution is 6.10. The lowest BCUT2D eigenvalue weighted by Crippen LogP contribution is -2.21. The molecule has 3 aromatic rings. The Kier molecular flexibility index (Phi) is 5.54. The Morgan fingerprint density at radius 1 is 1.14 bits per heavy atom. The Balaban J connectivity index is 0.000000320. The largest absolute Gasteiger partial charge is 0.490 e. The van der Waals surface area contributed by atoms with Gasteiger partial charge >= 0.3 is 12.1 Å². The van der Waals surface area contributed by atoms with Gasteiger partial charge in [-0.15, -0.1) is 0 Å². The number of ketones is 1. The minimum Gasteiger partial charge on any atom is -0.475 e. The van der Waals surface area contributed by atoms with Crippen molar-refractivity contribution in [1.29, 1.82) is 0 Å². The van der Waals surface area contributed by atoms with Crippen molar-refractivity contribution in [3.8, 4) is 11.3 Å². The smallest absolute Gasteiger partial charge is 0.475 e. The van der Waals surface area contributed by atoms with Gasteiger partial charge in [-0.05, 0) is 38.5 Å². The average molecular weight is 493 g/mol. The molecule has 2 fully saturated rings. The number of rotatable bonds is 2. The molecule has 0 saturated heterocycles.